The van der Waals surface area contributed by atoms with Crippen LogP contribution in [0.4, 0.5) is 18.9 Å². The fourth-order valence-electron chi connectivity index (χ4n) is 2.11. The molecule has 0 aliphatic carbocycles. The minimum atomic E-state index is -4.47. The van der Waals surface area contributed by atoms with Gasteiger partial charge >= 0.3 is 16.4 Å². The SMILES string of the molecule is CN(C)S(=O)(=O)N1CCc2c1cccc2C(F)(F)F. The zero-order chi connectivity index (χ0) is 14.4. The van der Waals surface area contributed by atoms with E-state index in [9.17, 15) is 21.6 Å². The topological polar surface area (TPSA) is 40.6 Å². The molecule has 1 aliphatic rings. The van der Waals surface area contributed by atoms with E-state index in [0.717, 1.165) is 14.7 Å². The number of hydrogen-bond donors (Lipinski definition) is 0. The summed E-state index contributed by atoms with van der Waals surface area (Å²) in [5.74, 6) is 0. The number of benzene rings is 1. The van der Waals surface area contributed by atoms with Gasteiger partial charge in [0.1, 0.15) is 0 Å². The number of hydrogen-bond acceptors (Lipinski definition) is 2. The predicted octanol–water partition coefficient (Wildman–Crippen LogP) is 1.87. The van der Waals surface area contributed by atoms with Gasteiger partial charge < -0.3 is 0 Å². The van der Waals surface area contributed by atoms with Crippen LogP contribution in [0.3, 0.4) is 0 Å². The lowest BCUT2D eigenvalue weighted by Crippen LogP contribution is -2.38. The lowest BCUT2D eigenvalue weighted by molar-refractivity contribution is -0.138. The minimum Gasteiger partial charge on any atom is -0.257 e. The zero-order valence-electron chi connectivity index (χ0n) is 10.4. The molecule has 8 heteroatoms. The first-order valence-corrected chi connectivity index (χ1v) is 6.94. The third-order valence-electron chi connectivity index (χ3n) is 3.03. The first kappa shape index (κ1) is 14.1. The lowest BCUT2D eigenvalue weighted by atomic mass is 10.0. The first-order valence-electron chi connectivity index (χ1n) is 5.55. The van der Waals surface area contributed by atoms with Crippen LogP contribution in [0.2, 0.25) is 0 Å². The Morgan fingerprint density at radius 1 is 1.26 bits per heavy atom. The van der Waals surface area contributed by atoms with Gasteiger partial charge in [-0.15, -0.1) is 0 Å². The van der Waals surface area contributed by atoms with Crippen molar-refractivity contribution in [1.29, 1.82) is 0 Å². The zero-order valence-corrected chi connectivity index (χ0v) is 11.2. The number of fused-ring (bicyclic) bond motifs is 1. The lowest BCUT2D eigenvalue weighted by Gasteiger charge is -2.23. The molecule has 0 radical (unpaired) electrons. The summed E-state index contributed by atoms with van der Waals surface area (Å²) in [5, 5.41) is 0. The first-order chi connectivity index (χ1) is 8.65. The van der Waals surface area contributed by atoms with Crippen molar-refractivity contribution in [1.82, 2.24) is 4.31 Å². The second-order valence-corrected chi connectivity index (χ2v) is 6.48. The van der Waals surface area contributed by atoms with Crippen molar-refractivity contribution >= 4 is 15.9 Å². The highest BCUT2D eigenvalue weighted by atomic mass is 32.2. The molecule has 0 fully saturated rings. The van der Waals surface area contributed by atoms with Crippen molar-refractivity contribution in [2.24, 2.45) is 0 Å². The van der Waals surface area contributed by atoms with Crippen LogP contribution in [0.1, 0.15) is 11.1 Å². The molecule has 0 N–H and O–H groups in total. The van der Waals surface area contributed by atoms with Crippen molar-refractivity contribution in [2.75, 3.05) is 24.9 Å². The van der Waals surface area contributed by atoms with Gasteiger partial charge in [0.05, 0.1) is 11.3 Å². The van der Waals surface area contributed by atoms with E-state index in [-0.39, 0.29) is 24.2 Å². The largest absolute Gasteiger partial charge is 0.416 e. The molecule has 1 aromatic carbocycles. The molecule has 19 heavy (non-hydrogen) atoms. The van der Waals surface area contributed by atoms with Crippen LogP contribution in [0.25, 0.3) is 0 Å². The molecule has 2 rings (SSSR count). The van der Waals surface area contributed by atoms with Crippen LogP contribution in [-0.2, 0) is 22.8 Å². The highest BCUT2D eigenvalue weighted by molar-refractivity contribution is 7.90. The number of anilines is 1. The van der Waals surface area contributed by atoms with Crippen molar-refractivity contribution in [2.45, 2.75) is 12.6 Å². The molecule has 106 valence electrons. The summed E-state index contributed by atoms with van der Waals surface area (Å²) in [7, 11) is -1.06. The van der Waals surface area contributed by atoms with Crippen molar-refractivity contribution in [3.8, 4) is 0 Å². The van der Waals surface area contributed by atoms with Gasteiger partial charge in [-0.25, -0.2) is 0 Å². The minimum absolute atomic E-state index is 0.0307. The number of rotatable bonds is 2. The Bertz CT molecular complexity index is 596. The maximum absolute atomic E-state index is 12.8. The number of halogens is 3. The molecule has 1 heterocycles. The molecule has 0 spiro atoms. The molecule has 0 bridgehead atoms. The molecular formula is C11H13F3N2O2S. The van der Waals surface area contributed by atoms with Gasteiger partial charge in [-0.05, 0) is 24.1 Å². The van der Waals surface area contributed by atoms with Crippen molar-refractivity contribution < 1.29 is 21.6 Å². The summed E-state index contributed by atoms with van der Waals surface area (Å²) in [4.78, 5) is 0. The molecule has 0 saturated carbocycles. The van der Waals surface area contributed by atoms with Crippen LogP contribution in [0.5, 0.6) is 0 Å². The Labute approximate surface area is 109 Å². The molecular weight excluding hydrogens is 281 g/mol. The Balaban J connectivity index is 2.54. The number of alkyl halides is 3. The maximum Gasteiger partial charge on any atom is 0.416 e. The van der Waals surface area contributed by atoms with Gasteiger partial charge in [0.15, 0.2) is 0 Å². The fraction of sp³-hybridized carbons (Fsp3) is 0.455. The monoisotopic (exact) mass is 294 g/mol. The summed E-state index contributed by atoms with van der Waals surface area (Å²) < 4.78 is 64.6. The van der Waals surface area contributed by atoms with E-state index >= 15 is 0 Å². The van der Waals surface area contributed by atoms with Gasteiger partial charge in [-0.2, -0.15) is 25.9 Å². The van der Waals surface area contributed by atoms with E-state index in [1.165, 1.54) is 26.2 Å². The van der Waals surface area contributed by atoms with Crippen molar-refractivity contribution in [3.05, 3.63) is 29.3 Å². The second kappa shape index (κ2) is 4.38. The van der Waals surface area contributed by atoms with Crippen LogP contribution in [0, 0.1) is 0 Å². The third kappa shape index (κ3) is 2.30. The van der Waals surface area contributed by atoms with Crippen LogP contribution < -0.4 is 4.31 Å². The smallest absolute Gasteiger partial charge is 0.257 e. The summed E-state index contributed by atoms with van der Waals surface area (Å²) in [6, 6.07) is 3.61. The summed E-state index contributed by atoms with van der Waals surface area (Å²) >= 11 is 0. The quantitative estimate of drug-likeness (QED) is 0.835. The fourth-order valence-corrected chi connectivity index (χ4v) is 3.24. The molecule has 0 unspecified atom stereocenters. The van der Waals surface area contributed by atoms with Gasteiger partial charge in [-0.1, -0.05) is 6.07 Å². The van der Waals surface area contributed by atoms with Gasteiger partial charge in [-0.3, -0.25) is 4.31 Å². The third-order valence-corrected chi connectivity index (χ3v) is 4.89. The van der Waals surface area contributed by atoms with Crippen molar-refractivity contribution in [3.63, 3.8) is 0 Å². The number of nitrogens with zero attached hydrogens (tertiary/aromatic N) is 2. The molecule has 1 aromatic rings. The normalized spacial score (nSPS) is 16.0. The molecule has 0 amide bonds. The summed E-state index contributed by atoms with van der Waals surface area (Å²) in [6.45, 7) is 0.0307. The van der Waals surface area contributed by atoms with E-state index in [0.29, 0.717) is 0 Å². The van der Waals surface area contributed by atoms with Crippen LogP contribution in [-0.4, -0.2) is 33.4 Å². The van der Waals surface area contributed by atoms with E-state index in [1.54, 1.807) is 0 Å². The van der Waals surface area contributed by atoms with E-state index < -0.39 is 21.9 Å². The highest BCUT2D eigenvalue weighted by Crippen LogP contribution is 2.40. The van der Waals surface area contributed by atoms with Crippen LogP contribution in [0.15, 0.2) is 18.2 Å². The predicted molar refractivity (Wildman–Crippen MR) is 65.1 cm³/mol. The Morgan fingerprint density at radius 3 is 2.42 bits per heavy atom. The van der Waals surface area contributed by atoms with Gasteiger partial charge in [0.25, 0.3) is 0 Å². The van der Waals surface area contributed by atoms with E-state index in [1.807, 2.05) is 0 Å². The molecule has 4 nitrogen and oxygen atoms in total. The highest BCUT2D eigenvalue weighted by Gasteiger charge is 2.39. The average Bonchev–Trinajstić information content (AvgIpc) is 2.70. The average molecular weight is 294 g/mol. The summed E-state index contributed by atoms with van der Waals surface area (Å²) in [6.07, 6.45) is -4.40. The Hall–Kier alpha value is -1.28. The molecule has 0 saturated heterocycles. The summed E-state index contributed by atoms with van der Waals surface area (Å²) in [5.41, 5.74) is -0.606. The van der Waals surface area contributed by atoms with Crippen LogP contribution >= 0.6 is 0 Å². The van der Waals surface area contributed by atoms with Gasteiger partial charge in [0, 0.05) is 20.6 Å². The standard InChI is InChI=1S/C11H13F3N2O2S/c1-15(2)19(17,18)16-7-6-8-9(11(12,13)14)4-3-5-10(8)16/h3-5H,6-7H2,1-2H3. The van der Waals surface area contributed by atoms with E-state index in [2.05, 4.69) is 0 Å². The molecule has 1 aliphatic heterocycles. The Kier molecular flexibility index (Phi) is 3.26. The van der Waals surface area contributed by atoms with E-state index in [4.69, 9.17) is 0 Å². The second-order valence-electron chi connectivity index (χ2n) is 4.41. The molecule has 0 aromatic heterocycles. The molecule has 0 atom stereocenters. The Morgan fingerprint density at radius 2 is 1.89 bits per heavy atom. The maximum atomic E-state index is 12.8. The van der Waals surface area contributed by atoms with Gasteiger partial charge in [0.2, 0.25) is 0 Å².